The average Bonchev–Trinajstić information content (AvgIpc) is 2.75. The van der Waals surface area contributed by atoms with Crippen LogP contribution in [0, 0.1) is 0 Å². The number of unbranched alkanes of at least 4 members (excludes halogenated alkanes) is 3. The van der Waals surface area contributed by atoms with Gasteiger partial charge < -0.3 is 19.0 Å². The predicted octanol–water partition coefficient (Wildman–Crippen LogP) is 4.84. The number of fused-ring (bicyclic) bond motifs is 1. The first-order valence-corrected chi connectivity index (χ1v) is 12.1. The van der Waals surface area contributed by atoms with E-state index in [1.807, 2.05) is 26.0 Å². The molecule has 1 N–H and O–H groups in total. The van der Waals surface area contributed by atoms with Gasteiger partial charge in [0.15, 0.2) is 6.54 Å². The molecule has 1 amide bonds. The van der Waals surface area contributed by atoms with Crippen LogP contribution in [0.3, 0.4) is 0 Å². The summed E-state index contributed by atoms with van der Waals surface area (Å²) in [4.78, 5) is 24.1. The smallest absolute Gasteiger partial charge is 0.336 e. The van der Waals surface area contributed by atoms with Crippen molar-refractivity contribution in [3.63, 3.8) is 0 Å². The number of carbonyl (C=O) groups excluding carboxylic acids is 1. The first-order chi connectivity index (χ1) is 15.7. The molecule has 0 bridgehead atoms. The highest BCUT2D eigenvalue weighted by Gasteiger charge is 2.20. The van der Waals surface area contributed by atoms with Gasteiger partial charge in [0.25, 0.3) is 5.91 Å². The maximum absolute atomic E-state index is 12.3. The number of ether oxygens (including phenoxy) is 1. The van der Waals surface area contributed by atoms with Crippen molar-refractivity contribution in [1.29, 1.82) is 0 Å². The third-order valence-corrected chi connectivity index (χ3v) is 5.65. The molecule has 1 heterocycles. The summed E-state index contributed by atoms with van der Waals surface area (Å²) in [5, 5.41) is 3.93. The fourth-order valence-electron chi connectivity index (χ4n) is 3.78. The van der Waals surface area contributed by atoms with Gasteiger partial charge in [-0.25, -0.2) is 4.79 Å². The van der Waals surface area contributed by atoms with Crippen LogP contribution in [0.2, 0.25) is 0 Å². The van der Waals surface area contributed by atoms with E-state index in [0.717, 1.165) is 42.6 Å². The first kappa shape index (κ1) is 26.7. The quantitative estimate of drug-likeness (QED) is 0.191. The number of likely N-dealkylation sites (N-methyl/N-ethyl adjacent to an activating group) is 1. The van der Waals surface area contributed by atoms with Crippen LogP contribution in [-0.2, 0) is 11.2 Å². The lowest BCUT2D eigenvalue weighted by Crippen LogP contribution is -2.48. The van der Waals surface area contributed by atoms with E-state index < -0.39 is 0 Å². The van der Waals surface area contributed by atoms with Crippen LogP contribution in [0.25, 0.3) is 11.0 Å². The fourth-order valence-corrected chi connectivity index (χ4v) is 3.78. The molecule has 0 fully saturated rings. The zero-order valence-electron chi connectivity index (χ0n) is 21.0. The minimum Gasteiger partial charge on any atom is -0.493 e. The fraction of sp³-hybridized carbons (Fsp3) is 0.556. The third kappa shape index (κ3) is 9.42. The van der Waals surface area contributed by atoms with E-state index in [4.69, 9.17) is 9.15 Å². The van der Waals surface area contributed by atoms with E-state index >= 15 is 0 Å². The van der Waals surface area contributed by atoms with Crippen molar-refractivity contribution in [1.82, 2.24) is 5.32 Å². The van der Waals surface area contributed by atoms with E-state index in [-0.39, 0.29) is 11.5 Å². The lowest BCUT2D eigenvalue weighted by Gasteiger charge is -2.29. The number of amides is 1. The Hall–Kier alpha value is -2.60. The molecule has 2 rings (SSSR count). The van der Waals surface area contributed by atoms with Crippen molar-refractivity contribution >= 4 is 16.9 Å². The van der Waals surface area contributed by atoms with Crippen LogP contribution in [0.1, 0.15) is 58.4 Å². The van der Waals surface area contributed by atoms with Crippen LogP contribution >= 0.6 is 0 Å². The summed E-state index contributed by atoms with van der Waals surface area (Å²) in [7, 11) is 4.14. The van der Waals surface area contributed by atoms with Crippen molar-refractivity contribution in [3.05, 3.63) is 51.9 Å². The van der Waals surface area contributed by atoms with E-state index in [0.29, 0.717) is 29.6 Å². The third-order valence-electron chi connectivity index (χ3n) is 5.65. The number of nitrogens with one attached hydrogen (secondary N) is 1. The molecular formula is C27H41N2O4+. The van der Waals surface area contributed by atoms with E-state index in [2.05, 4.69) is 32.4 Å². The summed E-state index contributed by atoms with van der Waals surface area (Å²) >= 11 is 0. The molecule has 0 saturated heterocycles. The highest BCUT2D eigenvalue weighted by molar-refractivity contribution is 5.82. The second-order valence-electron chi connectivity index (χ2n) is 9.63. The normalized spacial score (nSPS) is 11.4. The Morgan fingerprint density at radius 2 is 1.85 bits per heavy atom. The minimum absolute atomic E-state index is 0.103. The summed E-state index contributed by atoms with van der Waals surface area (Å²) in [5.41, 5.74) is 2.31. The van der Waals surface area contributed by atoms with Gasteiger partial charge in [0.1, 0.15) is 11.3 Å². The zero-order valence-corrected chi connectivity index (χ0v) is 21.0. The van der Waals surface area contributed by atoms with Crippen LogP contribution in [0.15, 0.2) is 45.1 Å². The first-order valence-electron chi connectivity index (χ1n) is 12.1. The standard InChI is InChI=1S/C27H40N2O4/c1-6-7-8-9-17-28-25(30)20-29(4,5)18-10-19-32-24-15-12-22-13-16-26(31)33-27(22)23(24)14-11-21(2)3/h11-13,15-16H,6-10,14,17-20H2,1-5H3/p+1. The molecule has 0 aliphatic carbocycles. The number of hydrogen-bond donors (Lipinski definition) is 1. The highest BCUT2D eigenvalue weighted by Crippen LogP contribution is 2.28. The van der Waals surface area contributed by atoms with Crippen molar-refractivity contribution < 1.29 is 18.4 Å². The van der Waals surface area contributed by atoms with Crippen molar-refractivity contribution in [3.8, 4) is 5.75 Å². The number of nitrogens with zero attached hydrogens (tertiary/aromatic N) is 1. The molecule has 0 unspecified atom stereocenters. The summed E-state index contributed by atoms with van der Waals surface area (Å²) in [5.74, 6) is 0.843. The average molecular weight is 458 g/mol. The molecule has 1 aromatic carbocycles. The van der Waals surface area contributed by atoms with Gasteiger partial charge in [-0.1, -0.05) is 37.8 Å². The van der Waals surface area contributed by atoms with Gasteiger partial charge in [-0.05, 0) is 44.9 Å². The number of hydrogen-bond acceptors (Lipinski definition) is 4. The number of rotatable bonds is 14. The number of allylic oxidation sites excluding steroid dienone is 2. The minimum atomic E-state index is -0.360. The Bertz CT molecular complexity index is 987. The summed E-state index contributed by atoms with van der Waals surface area (Å²) in [6, 6.07) is 7.09. The topological polar surface area (TPSA) is 68.5 Å². The summed E-state index contributed by atoms with van der Waals surface area (Å²) in [6.45, 7) is 8.85. The van der Waals surface area contributed by atoms with Gasteiger partial charge in [0.2, 0.25) is 0 Å². The second kappa shape index (κ2) is 13.2. The van der Waals surface area contributed by atoms with E-state index in [9.17, 15) is 9.59 Å². The molecule has 0 saturated carbocycles. The van der Waals surface area contributed by atoms with Gasteiger partial charge in [-0.3, -0.25) is 4.79 Å². The molecule has 33 heavy (non-hydrogen) atoms. The molecule has 6 heteroatoms. The van der Waals surface area contributed by atoms with Crippen LogP contribution in [0.4, 0.5) is 0 Å². The molecule has 6 nitrogen and oxygen atoms in total. The molecule has 0 atom stereocenters. The molecule has 2 aromatic rings. The Morgan fingerprint density at radius 1 is 1.09 bits per heavy atom. The Balaban J connectivity index is 1.92. The summed E-state index contributed by atoms with van der Waals surface area (Å²) in [6.07, 6.45) is 8.19. The summed E-state index contributed by atoms with van der Waals surface area (Å²) < 4.78 is 12.2. The molecule has 0 aliphatic heterocycles. The van der Waals surface area contributed by atoms with E-state index in [1.165, 1.54) is 30.9 Å². The van der Waals surface area contributed by atoms with Gasteiger partial charge >= 0.3 is 5.63 Å². The van der Waals surface area contributed by atoms with Crippen LogP contribution < -0.4 is 15.7 Å². The van der Waals surface area contributed by atoms with Gasteiger partial charge in [-0.2, -0.15) is 0 Å². The second-order valence-corrected chi connectivity index (χ2v) is 9.63. The Labute approximate surface area is 198 Å². The number of quaternary nitrogens is 1. The molecule has 0 aliphatic rings. The molecular weight excluding hydrogens is 416 g/mol. The van der Waals surface area contributed by atoms with Gasteiger partial charge in [0, 0.05) is 30.0 Å². The van der Waals surface area contributed by atoms with Crippen LogP contribution in [-0.4, -0.2) is 50.7 Å². The maximum atomic E-state index is 12.3. The van der Waals surface area contributed by atoms with Gasteiger partial charge in [0.05, 0.1) is 27.2 Å². The van der Waals surface area contributed by atoms with Crippen molar-refractivity contribution in [2.45, 2.75) is 59.3 Å². The largest absolute Gasteiger partial charge is 0.493 e. The molecule has 0 spiro atoms. The zero-order chi connectivity index (χ0) is 24.3. The number of benzene rings is 1. The Kier molecular flexibility index (Phi) is 10.7. The predicted molar refractivity (Wildman–Crippen MR) is 135 cm³/mol. The molecule has 182 valence electrons. The van der Waals surface area contributed by atoms with Gasteiger partial charge in [-0.15, -0.1) is 0 Å². The monoisotopic (exact) mass is 457 g/mol. The molecule has 1 aromatic heterocycles. The number of carbonyl (C=O) groups is 1. The van der Waals surface area contributed by atoms with E-state index in [1.54, 1.807) is 6.07 Å². The maximum Gasteiger partial charge on any atom is 0.336 e. The van der Waals surface area contributed by atoms with Crippen molar-refractivity contribution in [2.24, 2.45) is 0 Å². The van der Waals surface area contributed by atoms with Crippen LogP contribution in [0.5, 0.6) is 5.75 Å². The Morgan fingerprint density at radius 3 is 2.58 bits per heavy atom. The lowest BCUT2D eigenvalue weighted by molar-refractivity contribution is -0.882. The lowest BCUT2D eigenvalue weighted by atomic mass is 10.1. The SMILES string of the molecule is CCCCCCNC(=O)C[N+](C)(C)CCCOc1ccc2ccc(=O)oc2c1CC=C(C)C. The highest BCUT2D eigenvalue weighted by atomic mass is 16.5. The van der Waals surface area contributed by atoms with Crippen molar-refractivity contribution in [2.75, 3.05) is 40.3 Å². The molecule has 0 radical (unpaired) electrons.